The van der Waals surface area contributed by atoms with Crippen molar-refractivity contribution in [2.75, 3.05) is 19.6 Å². The molecule has 15 heavy (non-hydrogen) atoms. The third-order valence-electron chi connectivity index (χ3n) is 3.12. The first-order valence-corrected chi connectivity index (χ1v) is 6.12. The van der Waals surface area contributed by atoms with Gasteiger partial charge in [0, 0.05) is 13.0 Å². The minimum atomic E-state index is -0.669. The maximum Gasteiger partial charge on any atom is 0.303 e. The molecule has 0 aliphatic carbocycles. The van der Waals surface area contributed by atoms with Crippen LogP contribution in [0.1, 0.15) is 45.4 Å². The molecule has 1 atom stereocenters. The molecule has 1 N–H and O–H groups in total. The first-order valence-electron chi connectivity index (χ1n) is 6.12. The quantitative estimate of drug-likeness (QED) is 0.762. The van der Waals surface area contributed by atoms with Crippen molar-refractivity contribution in [1.29, 1.82) is 0 Å². The van der Waals surface area contributed by atoms with Gasteiger partial charge in [0.15, 0.2) is 0 Å². The smallest absolute Gasteiger partial charge is 0.303 e. The summed E-state index contributed by atoms with van der Waals surface area (Å²) in [5.41, 5.74) is 0. The molecular weight excluding hydrogens is 190 g/mol. The maximum atomic E-state index is 10.4. The second-order valence-corrected chi connectivity index (χ2v) is 4.75. The highest BCUT2D eigenvalue weighted by molar-refractivity contribution is 5.66. The van der Waals surface area contributed by atoms with Crippen molar-refractivity contribution in [2.45, 2.75) is 45.4 Å². The molecule has 0 aromatic carbocycles. The number of hydrogen-bond acceptors (Lipinski definition) is 2. The highest BCUT2D eigenvalue weighted by Crippen LogP contribution is 2.13. The third-order valence-corrected chi connectivity index (χ3v) is 3.12. The second-order valence-electron chi connectivity index (χ2n) is 4.75. The summed E-state index contributed by atoms with van der Waals surface area (Å²) in [6, 6.07) is 0. The lowest BCUT2D eigenvalue weighted by Gasteiger charge is -2.23. The maximum absolute atomic E-state index is 10.4. The zero-order valence-corrected chi connectivity index (χ0v) is 9.74. The average Bonchev–Trinajstić information content (AvgIpc) is 2.43. The monoisotopic (exact) mass is 213 g/mol. The van der Waals surface area contributed by atoms with Crippen molar-refractivity contribution >= 4 is 5.97 Å². The Kier molecular flexibility index (Phi) is 5.69. The van der Waals surface area contributed by atoms with E-state index in [1.807, 2.05) is 0 Å². The number of hydrogen-bond donors (Lipinski definition) is 1. The normalized spacial score (nSPS) is 20.9. The summed E-state index contributed by atoms with van der Waals surface area (Å²) < 4.78 is 0. The van der Waals surface area contributed by atoms with E-state index in [2.05, 4.69) is 11.8 Å². The largest absolute Gasteiger partial charge is 0.481 e. The van der Waals surface area contributed by atoms with E-state index in [0.29, 0.717) is 12.3 Å². The molecule has 3 nitrogen and oxygen atoms in total. The van der Waals surface area contributed by atoms with Gasteiger partial charge in [-0.25, -0.2) is 0 Å². The van der Waals surface area contributed by atoms with Gasteiger partial charge in [-0.15, -0.1) is 0 Å². The van der Waals surface area contributed by atoms with E-state index in [1.54, 1.807) is 0 Å². The molecule has 1 fully saturated rings. The van der Waals surface area contributed by atoms with Crippen LogP contribution in [-0.4, -0.2) is 35.6 Å². The number of nitrogens with zero attached hydrogens (tertiary/aromatic N) is 1. The molecular formula is C12H23NO2. The highest BCUT2D eigenvalue weighted by Gasteiger charge is 2.13. The number of aliphatic carboxylic acids is 1. The molecule has 88 valence electrons. The van der Waals surface area contributed by atoms with Crippen LogP contribution in [0.2, 0.25) is 0 Å². The van der Waals surface area contributed by atoms with Crippen LogP contribution in [0.25, 0.3) is 0 Å². The lowest BCUT2D eigenvalue weighted by molar-refractivity contribution is -0.137. The Bertz CT molecular complexity index is 186. The van der Waals surface area contributed by atoms with Gasteiger partial charge in [-0.3, -0.25) is 4.79 Å². The standard InChI is InChI=1S/C12H23NO2/c1-11(6-7-12(14)15)10-13-8-4-2-3-5-9-13/h11H,2-10H2,1H3,(H,14,15). The average molecular weight is 213 g/mol. The molecule has 0 spiro atoms. The predicted molar refractivity (Wildman–Crippen MR) is 60.9 cm³/mol. The summed E-state index contributed by atoms with van der Waals surface area (Å²) in [7, 11) is 0. The van der Waals surface area contributed by atoms with E-state index in [-0.39, 0.29) is 0 Å². The van der Waals surface area contributed by atoms with Crippen LogP contribution in [0.3, 0.4) is 0 Å². The summed E-state index contributed by atoms with van der Waals surface area (Å²) in [5, 5.41) is 8.60. The summed E-state index contributed by atoms with van der Waals surface area (Å²) >= 11 is 0. The molecule has 0 amide bonds. The van der Waals surface area contributed by atoms with Gasteiger partial charge in [-0.05, 0) is 38.3 Å². The van der Waals surface area contributed by atoms with Crippen LogP contribution in [0.15, 0.2) is 0 Å². The first kappa shape index (κ1) is 12.5. The second kappa shape index (κ2) is 6.83. The number of carbonyl (C=O) groups is 1. The molecule has 1 aliphatic heterocycles. The molecule has 1 aliphatic rings. The molecule has 3 heteroatoms. The Labute approximate surface area is 92.5 Å². The van der Waals surface area contributed by atoms with Gasteiger partial charge >= 0.3 is 5.97 Å². The molecule has 0 radical (unpaired) electrons. The zero-order chi connectivity index (χ0) is 11.1. The minimum Gasteiger partial charge on any atom is -0.481 e. The molecule has 1 unspecified atom stereocenters. The highest BCUT2D eigenvalue weighted by atomic mass is 16.4. The van der Waals surface area contributed by atoms with Crippen LogP contribution in [-0.2, 0) is 4.79 Å². The fourth-order valence-electron chi connectivity index (χ4n) is 2.22. The van der Waals surface area contributed by atoms with E-state index in [4.69, 9.17) is 5.11 Å². The van der Waals surface area contributed by atoms with Crippen LogP contribution >= 0.6 is 0 Å². The van der Waals surface area contributed by atoms with E-state index < -0.39 is 5.97 Å². The lowest BCUT2D eigenvalue weighted by Crippen LogP contribution is -2.29. The van der Waals surface area contributed by atoms with Crippen molar-refractivity contribution in [3.63, 3.8) is 0 Å². The molecule has 0 aromatic heterocycles. The molecule has 0 aromatic rings. The minimum absolute atomic E-state index is 0.314. The number of likely N-dealkylation sites (tertiary alicyclic amines) is 1. The van der Waals surface area contributed by atoms with Crippen molar-refractivity contribution in [1.82, 2.24) is 4.90 Å². The van der Waals surface area contributed by atoms with Gasteiger partial charge in [0.05, 0.1) is 0 Å². The number of rotatable bonds is 5. The van der Waals surface area contributed by atoms with E-state index in [9.17, 15) is 4.79 Å². The van der Waals surface area contributed by atoms with Crippen molar-refractivity contribution in [2.24, 2.45) is 5.92 Å². The molecule has 0 saturated carbocycles. The summed E-state index contributed by atoms with van der Waals surface area (Å²) in [6.07, 6.45) is 6.47. The molecule has 0 bridgehead atoms. The Morgan fingerprint density at radius 3 is 2.40 bits per heavy atom. The summed E-state index contributed by atoms with van der Waals surface area (Å²) in [4.78, 5) is 12.9. The van der Waals surface area contributed by atoms with Crippen LogP contribution in [0, 0.1) is 5.92 Å². The van der Waals surface area contributed by atoms with Gasteiger partial charge in [-0.1, -0.05) is 19.8 Å². The topological polar surface area (TPSA) is 40.5 Å². The zero-order valence-electron chi connectivity index (χ0n) is 9.74. The Hall–Kier alpha value is -0.570. The van der Waals surface area contributed by atoms with Crippen LogP contribution in [0.4, 0.5) is 0 Å². The lowest BCUT2D eigenvalue weighted by atomic mass is 10.1. The van der Waals surface area contributed by atoms with Gasteiger partial charge in [0.25, 0.3) is 0 Å². The van der Waals surface area contributed by atoms with Crippen LogP contribution in [0.5, 0.6) is 0 Å². The van der Waals surface area contributed by atoms with E-state index in [1.165, 1.54) is 38.8 Å². The Morgan fingerprint density at radius 2 is 1.87 bits per heavy atom. The fraction of sp³-hybridized carbons (Fsp3) is 0.917. The van der Waals surface area contributed by atoms with Gasteiger partial charge < -0.3 is 10.0 Å². The van der Waals surface area contributed by atoms with Gasteiger partial charge in [0.2, 0.25) is 0 Å². The molecule has 1 heterocycles. The summed E-state index contributed by atoms with van der Waals surface area (Å²) in [6.45, 7) is 5.65. The molecule has 1 saturated heterocycles. The fourth-order valence-corrected chi connectivity index (χ4v) is 2.22. The predicted octanol–water partition coefficient (Wildman–Crippen LogP) is 2.36. The molecule has 1 rings (SSSR count). The van der Waals surface area contributed by atoms with Crippen molar-refractivity contribution < 1.29 is 9.90 Å². The van der Waals surface area contributed by atoms with Crippen molar-refractivity contribution in [3.05, 3.63) is 0 Å². The van der Waals surface area contributed by atoms with Crippen molar-refractivity contribution in [3.8, 4) is 0 Å². The van der Waals surface area contributed by atoms with E-state index >= 15 is 0 Å². The number of carboxylic acid groups (broad SMARTS) is 1. The first-order chi connectivity index (χ1) is 7.18. The third kappa shape index (κ3) is 5.78. The van der Waals surface area contributed by atoms with Crippen LogP contribution < -0.4 is 0 Å². The van der Waals surface area contributed by atoms with Gasteiger partial charge in [0.1, 0.15) is 0 Å². The summed E-state index contributed by atoms with van der Waals surface area (Å²) in [5.74, 6) is -0.156. The van der Waals surface area contributed by atoms with Gasteiger partial charge in [-0.2, -0.15) is 0 Å². The van der Waals surface area contributed by atoms with E-state index in [0.717, 1.165) is 13.0 Å². The Balaban J connectivity index is 2.17. The number of carboxylic acids is 1. The SMILES string of the molecule is CC(CCC(=O)O)CN1CCCCCC1. The Morgan fingerprint density at radius 1 is 1.27 bits per heavy atom.